The Morgan fingerprint density at radius 1 is 1.19 bits per heavy atom. The van der Waals surface area contributed by atoms with Gasteiger partial charge in [0.25, 0.3) is 0 Å². The molecular formula is C20H20N2O4S. The largest absolute Gasteiger partial charge is 0.496 e. The van der Waals surface area contributed by atoms with Crippen LogP contribution in [0.25, 0.3) is 10.2 Å². The van der Waals surface area contributed by atoms with E-state index in [2.05, 4.69) is 16.4 Å². The predicted molar refractivity (Wildman–Crippen MR) is 106 cm³/mol. The van der Waals surface area contributed by atoms with Crippen LogP contribution in [0.2, 0.25) is 0 Å². The monoisotopic (exact) mass is 384 g/mol. The number of thiazole rings is 1. The Labute approximate surface area is 160 Å². The van der Waals surface area contributed by atoms with Crippen molar-refractivity contribution < 1.29 is 19.4 Å². The molecule has 7 heteroatoms. The molecule has 0 unspecified atom stereocenters. The summed E-state index contributed by atoms with van der Waals surface area (Å²) in [6.45, 7) is 0. The van der Waals surface area contributed by atoms with Crippen molar-refractivity contribution in [3.63, 3.8) is 0 Å². The Balaban J connectivity index is 1.47. The van der Waals surface area contributed by atoms with Gasteiger partial charge >= 0.3 is 5.97 Å². The second-order valence-corrected chi connectivity index (χ2v) is 7.17. The van der Waals surface area contributed by atoms with Crippen molar-refractivity contribution in [2.75, 3.05) is 12.4 Å². The van der Waals surface area contributed by atoms with Crippen LogP contribution < -0.4 is 10.1 Å². The molecule has 1 heterocycles. The summed E-state index contributed by atoms with van der Waals surface area (Å²) in [6.07, 6.45) is 2.89. The van der Waals surface area contributed by atoms with E-state index in [-0.39, 0.29) is 17.2 Å². The minimum Gasteiger partial charge on any atom is -0.496 e. The number of rotatable bonds is 8. The van der Waals surface area contributed by atoms with E-state index in [0.717, 1.165) is 29.8 Å². The Hall–Kier alpha value is -2.93. The first-order chi connectivity index (χ1) is 13.1. The Morgan fingerprint density at radius 3 is 2.74 bits per heavy atom. The summed E-state index contributed by atoms with van der Waals surface area (Å²) in [5.41, 5.74) is 1.60. The maximum absolute atomic E-state index is 12.1. The normalized spacial score (nSPS) is 10.7. The molecule has 3 aromatic rings. The number of carboxylic acid groups (broad SMARTS) is 1. The number of anilines is 1. The lowest BCUT2D eigenvalue weighted by molar-refractivity contribution is -0.116. The fraction of sp³-hybridized carbons (Fsp3) is 0.250. The maximum atomic E-state index is 12.1. The van der Waals surface area contributed by atoms with E-state index in [1.807, 2.05) is 18.2 Å². The van der Waals surface area contributed by atoms with Crippen LogP contribution in [0.4, 0.5) is 5.69 Å². The molecular weight excluding hydrogens is 364 g/mol. The van der Waals surface area contributed by atoms with Gasteiger partial charge in [-0.15, -0.1) is 11.3 Å². The van der Waals surface area contributed by atoms with Crippen LogP contribution in [-0.2, 0) is 11.2 Å². The molecule has 0 radical (unpaired) electrons. The molecule has 0 atom stereocenters. The highest BCUT2D eigenvalue weighted by molar-refractivity contribution is 7.18. The van der Waals surface area contributed by atoms with E-state index >= 15 is 0 Å². The zero-order chi connectivity index (χ0) is 19.2. The lowest BCUT2D eigenvalue weighted by Crippen LogP contribution is -2.12. The van der Waals surface area contributed by atoms with Gasteiger partial charge in [-0.3, -0.25) is 4.79 Å². The number of amides is 1. The number of unbranched alkanes of at least 4 members (excludes halogenated alkanes) is 1. The minimum atomic E-state index is -1.07. The highest BCUT2D eigenvalue weighted by Gasteiger charge is 2.12. The maximum Gasteiger partial charge on any atom is 0.339 e. The number of hydrogen-bond acceptors (Lipinski definition) is 5. The molecule has 3 rings (SSSR count). The van der Waals surface area contributed by atoms with Crippen LogP contribution in [0, 0.1) is 0 Å². The summed E-state index contributed by atoms with van der Waals surface area (Å²) in [4.78, 5) is 27.8. The van der Waals surface area contributed by atoms with Crippen molar-refractivity contribution >= 4 is 39.1 Å². The number of aryl methyl sites for hydroxylation is 1. The molecule has 2 N–H and O–H groups in total. The second kappa shape index (κ2) is 8.64. The molecule has 0 bridgehead atoms. The molecule has 0 spiro atoms. The van der Waals surface area contributed by atoms with Gasteiger partial charge in [0.05, 0.1) is 22.3 Å². The van der Waals surface area contributed by atoms with E-state index in [4.69, 9.17) is 9.84 Å². The molecule has 1 amide bonds. The third-order valence-electron chi connectivity index (χ3n) is 4.10. The fourth-order valence-electron chi connectivity index (χ4n) is 2.76. The van der Waals surface area contributed by atoms with Crippen LogP contribution in [-0.4, -0.2) is 29.1 Å². The van der Waals surface area contributed by atoms with Gasteiger partial charge in [0.15, 0.2) is 0 Å². The summed E-state index contributed by atoms with van der Waals surface area (Å²) in [5, 5.41) is 12.9. The van der Waals surface area contributed by atoms with Gasteiger partial charge in [-0.1, -0.05) is 12.1 Å². The van der Waals surface area contributed by atoms with Gasteiger partial charge < -0.3 is 15.2 Å². The molecule has 0 aliphatic carbocycles. The van der Waals surface area contributed by atoms with Crippen LogP contribution in [0.3, 0.4) is 0 Å². The molecule has 0 aliphatic rings. The first-order valence-electron chi connectivity index (χ1n) is 8.62. The van der Waals surface area contributed by atoms with Crippen LogP contribution in [0.1, 0.15) is 34.6 Å². The molecule has 27 heavy (non-hydrogen) atoms. The summed E-state index contributed by atoms with van der Waals surface area (Å²) in [5.74, 6) is -0.958. The first kappa shape index (κ1) is 18.8. The molecule has 0 saturated heterocycles. The van der Waals surface area contributed by atoms with Gasteiger partial charge in [-0.2, -0.15) is 0 Å². The number of carbonyl (C=O) groups excluding carboxylic acids is 1. The predicted octanol–water partition coefficient (Wildman–Crippen LogP) is 4.35. The topological polar surface area (TPSA) is 88.5 Å². The summed E-state index contributed by atoms with van der Waals surface area (Å²) >= 11 is 1.69. The van der Waals surface area contributed by atoms with E-state index in [0.29, 0.717) is 12.1 Å². The molecule has 0 aliphatic heterocycles. The quantitative estimate of drug-likeness (QED) is 0.564. The zero-order valence-corrected chi connectivity index (χ0v) is 15.7. The zero-order valence-electron chi connectivity index (χ0n) is 14.9. The fourth-order valence-corrected chi connectivity index (χ4v) is 3.77. The Morgan fingerprint density at radius 2 is 2.00 bits per heavy atom. The number of aromatic carboxylic acids is 1. The molecule has 140 valence electrons. The Bertz CT molecular complexity index is 935. The van der Waals surface area contributed by atoms with Gasteiger partial charge in [-0.05, 0) is 43.5 Å². The highest BCUT2D eigenvalue weighted by Crippen LogP contribution is 2.24. The average Bonchev–Trinajstić information content (AvgIpc) is 3.07. The molecule has 6 nitrogen and oxygen atoms in total. The standard InChI is InChI=1S/C20H20N2O4S/c1-26-16-12-13(10-11-14(16)20(24)25)21-18(23)8-4-5-9-19-22-15-6-2-3-7-17(15)27-19/h2-3,6-7,10-12H,4-5,8-9H2,1H3,(H,21,23)(H,24,25). The van der Waals surface area contributed by atoms with Crippen molar-refractivity contribution in [3.8, 4) is 5.75 Å². The van der Waals surface area contributed by atoms with Crippen LogP contribution in [0.5, 0.6) is 5.75 Å². The summed E-state index contributed by atoms with van der Waals surface area (Å²) in [6, 6.07) is 12.6. The van der Waals surface area contributed by atoms with Crippen LogP contribution >= 0.6 is 11.3 Å². The lowest BCUT2D eigenvalue weighted by atomic mass is 10.1. The van der Waals surface area contributed by atoms with Gasteiger partial charge in [0, 0.05) is 18.2 Å². The Kier molecular flexibility index (Phi) is 6.03. The average molecular weight is 384 g/mol. The second-order valence-electron chi connectivity index (χ2n) is 6.05. The summed E-state index contributed by atoms with van der Waals surface area (Å²) in [7, 11) is 1.40. The number of benzene rings is 2. The van der Waals surface area contributed by atoms with Crippen molar-refractivity contribution in [2.24, 2.45) is 0 Å². The van der Waals surface area contributed by atoms with Crippen molar-refractivity contribution in [2.45, 2.75) is 25.7 Å². The van der Waals surface area contributed by atoms with Gasteiger partial charge in [0.1, 0.15) is 11.3 Å². The third-order valence-corrected chi connectivity index (χ3v) is 5.19. The molecule has 0 saturated carbocycles. The van der Waals surface area contributed by atoms with E-state index < -0.39 is 5.97 Å². The number of fused-ring (bicyclic) bond motifs is 1. The molecule has 2 aromatic carbocycles. The van der Waals surface area contributed by atoms with Crippen LogP contribution in [0.15, 0.2) is 42.5 Å². The SMILES string of the molecule is COc1cc(NC(=O)CCCCc2nc3ccccc3s2)ccc1C(=O)O. The van der Waals surface area contributed by atoms with Gasteiger partial charge in [0.2, 0.25) is 5.91 Å². The number of para-hydroxylation sites is 1. The number of nitrogens with zero attached hydrogens (tertiary/aromatic N) is 1. The van der Waals surface area contributed by atoms with E-state index in [1.54, 1.807) is 17.4 Å². The van der Waals surface area contributed by atoms with Gasteiger partial charge in [-0.25, -0.2) is 9.78 Å². The number of carbonyl (C=O) groups is 2. The smallest absolute Gasteiger partial charge is 0.339 e. The number of hydrogen-bond donors (Lipinski definition) is 2. The van der Waals surface area contributed by atoms with E-state index in [1.165, 1.54) is 23.9 Å². The van der Waals surface area contributed by atoms with Crippen molar-refractivity contribution in [1.82, 2.24) is 4.98 Å². The number of methoxy groups -OCH3 is 1. The number of ether oxygens (including phenoxy) is 1. The third kappa shape index (κ3) is 4.83. The van der Waals surface area contributed by atoms with E-state index in [9.17, 15) is 9.59 Å². The number of carboxylic acids is 1. The molecule has 0 fully saturated rings. The lowest BCUT2D eigenvalue weighted by Gasteiger charge is -2.09. The molecule has 1 aromatic heterocycles. The summed E-state index contributed by atoms with van der Waals surface area (Å²) < 4.78 is 6.25. The van der Waals surface area contributed by atoms with Crippen molar-refractivity contribution in [1.29, 1.82) is 0 Å². The number of aromatic nitrogens is 1. The first-order valence-corrected chi connectivity index (χ1v) is 9.44. The number of nitrogens with one attached hydrogen (secondary N) is 1. The minimum absolute atomic E-state index is 0.0614. The van der Waals surface area contributed by atoms with Crippen molar-refractivity contribution in [3.05, 3.63) is 53.0 Å². The highest BCUT2D eigenvalue weighted by atomic mass is 32.1.